The zero-order valence-corrected chi connectivity index (χ0v) is 12.2. The largest absolute Gasteiger partial charge is 0.352 e. The predicted octanol–water partition coefficient (Wildman–Crippen LogP) is 3.95. The lowest BCUT2D eigenvalue weighted by atomic mass is 10.2. The van der Waals surface area contributed by atoms with Crippen molar-refractivity contribution in [3.05, 3.63) is 58.6 Å². The van der Waals surface area contributed by atoms with Crippen LogP contribution in [0.1, 0.15) is 5.56 Å². The van der Waals surface area contributed by atoms with Crippen molar-refractivity contribution in [1.82, 2.24) is 9.55 Å². The summed E-state index contributed by atoms with van der Waals surface area (Å²) in [4.78, 5) is 4.59. The number of hydrogen-bond donors (Lipinski definition) is 1. The molecule has 0 spiro atoms. The molecule has 0 fully saturated rings. The number of anilines is 1. The van der Waals surface area contributed by atoms with Crippen molar-refractivity contribution in [2.24, 2.45) is 7.05 Å². The molecule has 3 rings (SSSR count). The molecule has 4 heteroatoms. The average molecular weight is 316 g/mol. The molecule has 3 nitrogen and oxygen atoms in total. The topological polar surface area (TPSA) is 29.9 Å². The second-order valence-corrected chi connectivity index (χ2v) is 5.28. The van der Waals surface area contributed by atoms with Crippen molar-refractivity contribution >= 4 is 32.9 Å². The number of rotatable bonds is 3. The van der Waals surface area contributed by atoms with Crippen LogP contribution in [-0.4, -0.2) is 9.55 Å². The van der Waals surface area contributed by atoms with Gasteiger partial charge in [0.25, 0.3) is 0 Å². The van der Waals surface area contributed by atoms with Crippen molar-refractivity contribution in [2.45, 2.75) is 6.54 Å². The Morgan fingerprint density at radius 3 is 2.63 bits per heavy atom. The zero-order valence-electron chi connectivity index (χ0n) is 10.6. The van der Waals surface area contributed by atoms with Crippen molar-refractivity contribution in [1.29, 1.82) is 0 Å². The van der Waals surface area contributed by atoms with Gasteiger partial charge >= 0.3 is 0 Å². The van der Waals surface area contributed by atoms with E-state index in [1.807, 2.05) is 43.4 Å². The van der Waals surface area contributed by atoms with E-state index < -0.39 is 0 Å². The fourth-order valence-electron chi connectivity index (χ4n) is 2.12. The smallest absolute Gasteiger partial charge is 0.203 e. The van der Waals surface area contributed by atoms with Crippen molar-refractivity contribution in [2.75, 3.05) is 5.32 Å². The highest BCUT2D eigenvalue weighted by molar-refractivity contribution is 9.10. The number of benzene rings is 2. The minimum atomic E-state index is 0.749. The molecule has 2 aromatic carbocycles. The van der Waals surface area contributed by atoms with Crippen molar-refractivity contribution in [3.63, 3.8) is 0 Å². The molecule has 0 aliphatic heterocycles. The van der Waals surface area contributed by atoms with E-state index >= 15 is 0 Å². The van der Waals surface area contributed by atoms with Gasteiger partial charge in [-0.3, -0.25) is 0 Å². The number of para-hydroxylation sites is 2. The summed E-state index contributed by atoms with van der Waals surface area (Å²) in [6.07, 6.45) is 0. The lowest BCUT2D eigenvalue weighted by Gasteiger charge is -2.07. The Bertz CT molecular complexity index is 718. The number of nitrogens with zero attached hydrogens (tertiary/aromatic N) is 2. The van der Waals surface area contributed by atoms with Crippen LogP contribution < -0.4 is 5.32 Å². The molecule has 1 aromatic heterocycles. The highest BCUT2D eigenvalue weighted by atomic mass is 79.9. The third-order valence-corrected chi connectivity index (χ3v) is 3.96. The monoisotopic (exact) mass is 315 g/mol. The molecule has 1 N–H and O–H groups in total. The lowest BCUT2D eigenvalue weighted by Crippen LogP contribution is -2.05. The number of imidazole rings is 1. The molecule has 0 unspecified atom stereocenters. The van der Waals surface area contributed by atoms with E-state index in [0.717, 1.165) is 28.0 Å². The summed E-state index contributed by atoms with van der Waals surface area (Å²) >= 11 is 3.56. The first kappa shape index (κ1) is 12.2. The standard InChI is InChI=1S/C15H14BrN3/c1-19-14-9-5-4-8-13(14)18-15(19)17-10-11-6-2-3-7-12(11)16/h2-9H,10H2,1H3,(H,17,18). The average Bonchev–Trinajstić information content (AvgIpc) is 2.75. The van der Waals surface area contributed by atoms with E-state index in [9.17, 15) is 0 Å². The minimum absolute atomic E-state index is 0.749. The van der Waals surface area contributed by atoms with Crippen LogP contribution in [0.15, 0.2) is 53.0 Å². The predicted molar refractivity (Wildman–Crippen MR) is 82.2 cm³/mol. The van der Waals surface area contributed by atoms with Gasteiger partial charge in [-0.05, 0) is 23.8 Å². The Morgan fingerprint density at radius 1 is 1.11 bits per heavy atom. The third kappa shape index (κ3) is 2.36. The van der Waals surface area contributed by atoms with Crippen LogP contribution >= 0.6 is 15.9 Å². The van der Waals surface area contributed by atoms with Gasteiger partial charge in [0.1, 0.15) is 0 Å². The van der Waals surface area contributed by atoms with Crippen LogP contribution in [0.3, 0.4) is 0 Å². The molecular formula is C15H14BrN3. The second-order valence-electron chi connectivity index (χ2n) is 4.43. The maximum absolute atomic E-state index is 4.59. The summed E-state index contributed by atoms with van der Waals surface area (Å²) < 4.78 is 3.19. The van der Waals surface area contributed by atoms with Gasteiger partial charge in [0.2, 0.25) is 5.95 Å². The highest BCUT2D eigenvalue weighted by Gasteiger charge is 2.06. The Morgan fingerprint density at radius 2 is 1.84 bits per heavy atom. The molecule has 0 radical (unpaired) electrons. The quantitative estimate of drug-likeness (QED) is 0.793. The first-order chi connectivity index (χ1) is 9.25. The van der Waals surface area contributed by atoms with Crippen LogP contribution in [0.4, 0.5) is 5.95 Å². The Balaban J connectivity index is 1.86. The molecular weight excluding hydrogens is 302 g/mol. The second kappa shape index (κ2) is 5.05. The van der Waals surface area contributed by atoms with Gasteiger partial charge in [-0.15, -0.1) is 0 Å². The Hall–Kier alpha value is -1.81. The van der Waals surface area contributed by atoms with E-state index in [1.165, 1.54) is 5.56 Å². The fourth-order valence-corrected chi connectivity index (χ4v) is 2.54. The van der Waals surface area contributed by atoms with Crippen LogP contribution in [-0.2, 0) is 13.6 Å². The highest BCUT2D eigenvalue weighted by Crippen LogP contribution is 2.20. The van der Waals surface area contributed by atoms with Gasteiger partial charge in [-0.2, -0.15) is 0 Å². The van der Waals surface area contributed by atoms with E-state index in [0.29, 0.717) is 0 Å². The molecule has 0 amide bonds. The summed E-state index contributed by atoms with van der Waals surface area (Å²) in [5.41, 5.74) is 3.37. The first-order valence-electron chi connectivity index (χ1n) is 6.14. The fraction of sp³-hybridized carbons (Fsp3) is 0.133. The van der Waals surface area contributed by atoms with E-state index in [4.69, 9.17) is 0 Å². The van der Waals surface area contributed by atoms with E-state index in [2.05, 4.69) is 42.9 Å². The zero-order chi connectivity index (χ0) is 13.2. The summed E-state index contributed by atoms with van der Waals surface area (Å²) in [5.74, 6) is 0.886. The molecule has 96 valence electrons. The molecule has 19 heavy (non-hydrogen) atoms. The van der Waals surface area contributed by atoms with Gasteiger partial charge in [-0.1, -0.05) is 46.3 Å². The first-order valence-corrected chi connectivity index (χ1v) is 6.94. The SMILES string of the molecule is Cn1c(NCc2ccccc2Br)nc2ccccc21. The Labute approximate surface area is 120 Å². The van der Waals surface area contributed by atoms with Crippen LogP contribution in [0, 0.1) is 0 Å². The number of halogens is 1. The van der Waals surface area contributed by atoms with Crippen molar-refractivity contribution in [3.8, 4) is 0 Å². The number of aromatic nitrogens is 2. The number of hydrogen-bond acceptors (Lipinski definition) is 2. The number of fused-ring (bicyclic) bond motifs is 1. The van der Waals surface area contributed by atoms with Gasteiger partial charge in [0.15, 0.2) is 0 Å². The summed E-state index contributed by atoms with van der Waals surface area (Å²) in [6, 6.07) is 16.3. The summed E-state index contributed by atoms with van der Waals surface area (Å²) in [6.45, 7) is 0.749. The maximum Gasteiger partial charge on any atom is 0.203 e. The molecule has 0 aliphatic rings. The molecule has 0 atom stereocenters. The van der Waals surface area contributed by atoms with Crippen LogP contribution in [0.2, 0.25) is 0 Å². The Kier molecular flexibility index (Phi) is 3.25. The van der Waals surface area contributed by atoms with Gasteiger partial charge < -0.3 is 9.88 Å². The molecule has 0 saturated heterocycles. The summed E-state index contributed by atoms with van der Waals surface area (Å²) in [7, 11) is 2.03. The van der Waals surface area contributed by atoms with E-state index in [-0.39, 0.29) is 0 Å². The third-order valence-electron chi connectivity index (χ3n) is 3.18. The normalized spacial score (nSPS) is 10.8. The van der Waals surface area contributed by atoms with Gasteiger partial charge in [0.05, 0.1) is 11.0 Å². The number of aryl methyl sites for hydroxylation is 1. The van der Waals surface area contributed by atoms with Crippen LogP contribution in [0.5, 0.6) is 0 Å². The molecule has 3 aromatic rings. The molecule has 0 bridgehead atoms. The molecule has 0 saturated carbocycles. The summed E-state index contributed by atoms with van der Waals surface area (Å²) in [5, 5.41) is 3.38. The van der Waals surface area contributed by atoms with E-state index in [1.54, 1.807) is 0 Å². The van der Waals surface area contributed by atoms with Crippen molar-refractivity contribution < 1.29 is 0 Å². The lowest BCUT2D eigenvalue weighted by molar-refractivity contribution is 0.926. The minimum Gasteiger partial charge on any atom is -0.352 e. The molecule has 0 aliphatic carbocycles. The maximum atomic E-state index is 4.59. The number of nitrogens with one attached hydrogen (secondary N) is 1. The van der Waals surface area contributed by atoms with Gasteiger partial charge in [-0.25, -0.2) is 4.98 Å². The molecule has 1 heterocycles. The van der Waals surface area contributed by atoms with Gasteiger partial charge in [0, 0.05) is 18.1 Å². The van der Waals surface area contributed by atoms with Crippen LogP contribution in [0.25, 0.3) is 11.0 Å².